The smallest absolute Gasteiger partial charge is 0.153 e. The predicted molar refractivity (Wildman–Crippen MR) is 87.0 cm³/mol. The van der Waals surface area contributed by atoms with Crippen molar-refractivity contribution in [2.24, 2.45) is 5.92 Å². The van der Waals surface area contributed by atoms with Gasteiger partial charge in [0.25, 0.3) is 0 Å². The molecule has 22 heavy (non-hydrogen) atoms. The van der Waals surface area contributed by atoms with Crippen LogP contribution in [0.4, 0.5) is 0 Å². The lowest BCUT2D eigenvalue weighted by Crippen LogP contribution is -3.11. The van der Waals surface area contributed by atoms with Gasteiger partial charge in [-0.2, -0.15) is 0 Å². The van der Waals surface area contributed by atoms with Crippen LogP contribution in [0.25, 0.3) is 0 Å². The van der Waals surface area contributed by atoms with Crippen LogP contribution in [0.2, 0.25) is 0 Å². The number of rotatable bonds is 5. The van der Waals surface area contributed by atoms with Crippen molar-refractivity contribution in [2.45, 2.75) is 45.1 Å². The van der Waals surface area contributed by atoms with E-state index >= 15 is 0 Å². The molecule has 2 N–H and O–H groups in total. The second kappa shape index (κ2) is 9.20. The van der Waals surface area contributed by atoms with Crippen molar-refractivity contribution in [1.82, 2.24) is 0 Å². The Balaban J connectivity index is 0.00000242. The van der Waals surface area contributed by atoms with Crippen LogP contribution in [-0.2, 0) is 5.60 Å². The SMILES string of the molecule is CC[NH+](CC)CC#CC(O)(c1ccccc1)C1CCCC1.[Cl-]. The second-order valence-corrected chi connectivity index (χ2v) is 6.05. The van der Waals surface area contributed by atoms with Crippen LogP contribution in [0.15, 0.2) is 30.3 Å². The maximum absolute atomic E-state index is 11.3. The van der Waals surface area contributed by atoms with Gasteiger partial charge in [0.15, 0.2) is 5.60 Å². The van der Waals surface area contributed by atoms with Crippen molar-refractivity contribution in [1.29, 1.82) is 0 Å². The Bertz CT molecular complexity index is 483. The van der Waals surface area contributed by atoms with E-state index in [4.69, 9.17) is 0 Å². The van der Waals surface area contributed by atoms with E-state index in [1.807, 2.05) is 30.3 Å². The molecule has 0 aromatic heterocycles. The first-order chi connectivity index (χ1) is 10.2. The van der Waals surface area contributed by atoms with Gasteiger partial charge in [0, 0.05) is 5.92 Å². The Hall–Kier alpha value is -1.01. The highest BCUT2D eigenvalue weighted by molar-refractivity contribution is 5.33. The van der Waals surface area contributed by atoms with Crippen LogP contribution >= 0.6 is 0 Å². The molecular weight excluding hydrogens is 294 g/mol. The molecule has 2 nitrogen and oxygen atoms in total. The van der Waals surface area contributed by atoms with Gasteiger partial charge in [0.2, 0.25) is 0 Å². The molecule has 1 aliphatic rings. The molecule has 0 bridgehead atoms. The van der Waals surface area contributed by atoms with Gasteiger partial charge in [0.1, 0.15) is 6.54 Å². The van der Waals surface area contributed by atoms with Crippen LogP contribution in [0, 0.1) is 17.8 Å². The molecule has 1 unspecified atom stereocenters. The Morgan fingerprint density at radius 3 is 2.27 bits per heavy atom. The topological polar surface area (TPSA) is 24.7 Å². The number of quaternary nitrogens is 1. The van der Waals surface area contributed by atoms with Gasteiger partial charge in [-0.1, -0.05) is 49.1 Å². The number of benzene rings is 1. The van der Waals surface area contributed by atoms with Gasteiger partial charge in [-0.25, -0.2) is 0 Å². The molecule has 2 rings (SSSR count). The van der Waals surface area contributed by atoms with Crippen LogP contribution < -0.4 is 17.3 Å². The summed E-state index contributed by atoms with van der Waals surface area (Å²) in [6, 6.07) is 10.00. The van der Waals surface area contributed by atoms with Gasteiger partial charge >= 0.3 is 0 Å². The molecule has 1 atom stereocenters. The zero-order valence-corrected chi connectivity index (χ0v) is 14.5. The summed E-state index contributed by atoms with van der Waals surface area (Å²) in [4.78, 5) is 1.46. The van der Waals surface area contributed by atoms with E-state index in [9.17, 15) is 5.11 Å². The third-order valence-corrected chi connectivity index (χ3v) is 4.78. The van der Waals surface area contributed by atoms with E-state index in [0.29, 0.717) is 0 Å². The zero-order chi connectivity index (χ0) is 15.1. The number of aliphatic hydroxyl groups is 1. The quantitative estimate of drug-likeness (QED) is 0.668. The summed E-state index contributed by atoms with van der Waals surface area (Å²) in [5, 5.41) is 11.3. The minimum atomic E-state index is -0.968. The van der Waals surface area contributed by atoms with Crippen molar-refractivity contribution in [3.8, 4) is 11.8 Å². The molecule has 0 heterocycles. The third-order valence-electron chi connectivity index (χ3n) is 4.78. The van der Waals surface area contributed by atoms with Crippen LogP contribution in [0.5, 0.6) is 0 Å². The fraction of sp³-hybridized carbons (Fsp3) is 0.579. The summed E-state index contributed by atoms with van der Waals surface area (Å²) >= 11 is 0. The van der Waals surface area contributed by atoms with Crippen LogP contribution in [-0.4, -0.2) is 24.7 Å². The molecule has 1 saturated carbocycles. The molecule has 0 aliphatic heterocycles. The summed E-state index contributed by atoms with van der Waals surface area (Å²) in [5.74, 6) is 6.78. The minimum Gasteiger partial charge on any atom is -1.00 e. The van der Waals surface area contributed by atoms with Gasteiger partial charge in [0.05, 0.1) is 13.1 Å². The molecular formula is C19H28ClNO. The molecule has 122 valence electrons. The first-order valence-electron chi connectivity index (χ1n) is 8.32. The standard InChI is InChI=1S/C19H27NO.ClH/c1-3-20(4-2)16-10-15-19(21,18-13-8-9-14-18)17-11-6-5-7-12-17;/h5-7,11-12,18,21H,3-4,8-9,13-14,16H2,1-2H3;1H. The molecule has 1 aliphatic carbocycles. The first kappa shape index (κ1) is 19.0. The average Bonchev–Trinajstić information content (AvgIpc) is 3.07. The number of nitrogens with one attached hydrogen (secondary N) is 1. The van der Waals surface area contributed by atoms with Gasteiger partial charge in [-0.15, -0.1) is 0 Å². The van der Waals surface area contributed by atoms with E-state index < -0.39 is 5.60 Å². The number of halogens is 1. The molecule has 0 spiro atoms. The largest absolute Gasteiger partial charge is 1.00 e. The lowest BCUT2D eigenvalue weighted by atomic mass is 9.80. The second-order valence-electron chi connectivity index (χ2n) is 6.05. The van der Waals surface area contributed by atoms with Crippen molar-refractivity contribution in [3.63, 3.8) is 0 Å². The van der Waals surface area contributed by atoms with Crippen LogP contribution in [0.1, 0.15) is 45.1 Å². The molecule has 0 amide bonds. The minimum absolute atomic E-state index is 0. The van der Waals surface area contributed by atoms with Crippen molar-refractivity contribution in [3.05, 3.63) is 35.9 Å². The highest BCUT2D eigenvalue weighted by Gasteiger charge is 2.38. The molecule has 3 heteroatoms. The van der Waals surface area contributed by atoms with E-state index in [-0.39, 0.29) is 18.3 Å². The molecule has 0 radical (unpaired) electrons. The highest BCUT2D eigenvalue weighted by atomic mass is 35.5. The summed E-state index contributed by atoms with van der Waals surface area (Å²) < 4.78 is 0. The van der Waals surface area contributed by atoms with E-state index in [1.54, 1.807) is 0 Å². The fourth-order valence-corrected chi connectivity index (χ4v) is 3.25. The zero-order valence-electron chi connectivity index (χ0n) is 13.7. The Morgan fingerprint density at radius 1 is 1.14 bits per heavy atom. The molecule has 1 fully saturated rings. The summed E-state index contributed by atoms with van der Waals surface area (Å²) in [7, 11) is 0. The van der Waals surface area contributed by atoms with Crippen LogP contribution in [0.3, 0.4) is 0 Å². The fourth-order valence-electron chi connectivity index (χ4n) is 3.25. The van der Waals surface area contributed by atoms with Gasteiger partial charge in [-0.3, -0.25) is 0 Å². The van der Waals surface area contributed by atoms with Crippen molar-refractivity contribution >= 4 is 0 Å². The monoisotopic (exact) mass is 321 g/mol. The first-order valence-corrected chi connectivity index (χ1v) is 8.32. The Kier molecular flexibility index (Phi) is 7.96. The third kappa shape index (κ3) is 4.49. The lowest BCUT2D eigenvalue weighted by molar-refractivity contribution is -0.889. The Morgan fingerprint density at radius 2 is 1.73 bits per heavy atom. The van der Waals surface area contributed by atoms with Crippen molar-refractivity contribution < 1.29 is 22.4 Å². The van der Waals surface area contributed by atoms with E-state index in [2.05, 4.69) is 25.7 Å². The van der Waals surface area contributed by atoms with Crippen molar-refractivity contribution in [2.75, 3.05) is 19.6 Å². The normalized spacial score (nSPS) is 17.5. The lowest BCUT2D eigenvalue weighted by Gasteiger charge is -2.29. The van der Waals surface area contributed by atoms with Gasteiger partial charge in [-0.05, 0) is 38.2 Å². The molecule has 1 aromatic carbocycles. The molecule has 0 saturated heterocycles. The number of hydrogen-bond acceptors (Lipinski definition) is 1. The highest BCUT2D eigenvalue weighted by Crippen LogP contribution is 2.40. The summed E-state index contributed by atoms with van der Waals surface area (Å²) in [6.45, 7) is 7.34. The molecule has 1 aromatic rings. The van der Waals surface area contributed by atoms with E-state index in [1.165, 1.54) is 17.7 Å². The predicted octanol–water partition coefficient (Wildman–Crippen LogP) is -1.00. The summed E-state index contributed by atoms with van der Waals surface area (Å²) in [6.07, 6.45) is 4.59. The van der Waals surface area contributed by atoms with E-state index in [0.717, 1.165) is 38.0 Å². The maximum atomic E-state index is 11.3. The maximum Gasteiger partial charge on any atom is 0.153 e. The number of hydrogen-bond donors (Lipinski definition) is 2. The van der Waals surface area contributed by atoms with Gasteiger partial charge < -0.3 is 22.4 Å². The summed E-state index contributed by atoms with van der Waals surface area (Å²) in [5.41, 5.74) is -0.0105. The Labute approximate surface area is 141 Å². The average molecular weight is 322 g/mol.